The van der Waals surface area contributed by atoms with Crippen molar-refractivity contribution < 1.29 is 13.7 Å². The van der Waals surface area contributed by atoms with Crippen LogP contribution in [0.2, 0.25) is 0 Å². The van der Waals surface area contributed by atoms with Gasteiger partial charge in [0.2, 0.25) is 5.91 Å². The third-order valence-electron chi connectivity index (χ3n) is 4.39. The normalized spacial score (nSPS) is 12.3. The van der Waals surface area contributed by atoms with E-state index in [9.17, 15) is 9.18 Å². The molecule has 0 unspecified atom stereocenters. The molecule has 0 fully saturated rings. The summed E-state index contributed by atoms with van der Waals surface area (Å²) >= 11 is 0. The molecular weight excluding hydrogens is 343 g/mol. The standard InChI is InChI=1S/C22H21FN2O2/c1-14(24-21(26)12-11-17-7-4-5-10-20(17)23)18-8-6-9-19(13-18)22-15(2)25-27-16(22)3/h4-14H,1-3H3,(H,24,26)/b12-11+/t14-/m0/s1. The van der Waals surface area contributed by atoms with Crippen LogP contribution in [0.15, 0.2) is 59.1 Å². The Bertz CT molecular complexity index is 972. The molecule has 1 amide bonds. The highest BCUT2D eigenvalue weighted by Crippen LogP contribution is 2.28. The van der Waals surface area contributed by atoms with Gasteiger partial charge in [-0.15, -0.1) is 0 Å². The van der Waals surface area contributed by atoms with Gasteiger partial charge in [-0.05, 0) is 50.1 Å². The summed E-state index contributed by atoms with van der Waals surface area (Å²) in [4.78, 5) is 12.2. The summed E-state index contributed by atoms with van der Waals surface area (Å²) in [6.45, 7) is 5.68. The van der Waals surface area contributed by atoms with Crippen molar-refractivity contribution in [3.63, 3.8) is 0 Å². The number of carbonyl (C=O) groups is 1. The Hall–Kier alpha value is -3.21. The summed E-state index contributed by atoms with van der Waals surface area (Å²) in [5.74, 6) is 0.115. The van der Waals surface area contributed by atoms with Crippen LogP contribution in [0.1, 0.15) is 35.5 Å². The van der Waals surface area contributed by atoms with E-state index in [2.05, 4.69) is 10.5 Å². The first-order valence-corrected chi connectivity index (χ1v) is 8.72. The molecule has 3 rings (SSSR count). The van der Waals surface area contributed by atoms with Crippen molar-refractivity contribution in [2.24, 2.45) is 0 Å². The first kappa shape index (κ1) is 18.6. The number of rotatable bonds is 5. The lowest BCUT2D eigenvalue weighted by Gasteiger charge is -2.14. The van der Waals surface area contributed by atoms with Gasteiger partial charge < -0.3 is 9.84 Å². The van der Waals surface area contributed by atoms with Gasteiger partial charge in [-0.25, -0.2) is 4.39 Å². The number of aromatic nitrogens is 1. The van der Waals surface area contributed by atoms with Crippen molar-refractivity contribution in [2.45, 2.75) is 26.8 Å². The van der Waals surface area contributed by atoms with Gasteiger partial charge in [-0.3, -0.25) is 4.79 Å². The Balaban J connectivity index is 1.73. The molecule has 5 heteroatoms. The van der Waals surface area contributed by atoms with Crippen LogP contribution in [0, 0.1) is 19.7 Å². The van der Waals surface area contributed by atoms with Gasteiger partial charge in [-0.1, -0.05) is 41.6 Å². The van der Waals surface area contributed by atoms with Crippen molar-refractivity contribution in [1.82, 2.24) is 10.5 Å². The fourth-order valence-electron chi connectivity index (χ4n) is 2.98. The maximum atomic E-state index is 13.6. The van der Waals surface area contributed by atoms with Crippen LogP contribution in [0.5, 0.6) is 0 Å². The minimum absolute atomic E-state index is 0.205. The van der Waals surface area contributed by atoms with E-state index < -0.39 is 0 Å². The van der Waals surface area contributed by atoms with Crippen molar-refractivity contribution in [3.05, 3.63) is 83.0 Å². The Morgan fingerprint density at radius 3 is 2.67 bits per heavy atom. The van der Waals surface area contributed by atoms with Crippen LogP contribution in [-0.2, 0) is 4.79 Å². The molecule has 0 aliphatic rings. The van der Waals surface area contributed by atoms with E-state index in [1.807, 2.05) is 45.0 Å². The van der Waals surface area contributed by atoms with Crippen molar-refractivity contribution in [3.8, 4) is 11.1 Å². The van der Waals surface area contributed by atoms with Crippen molar-refractivity contribution >= 4 is 12.0 Å². The number of amides is 1. The lowest BCUT2D eigenvalue weighted by molar-refractivity contribution is -0.117. The van der Waals surface area contributed by atoms with E-state index in [0.29, 0.717) is 5.56 Å². The Kier molecular flexibility index (Phi) is 5.50. The zero-order valence-corrected chi connectivity index (χ0v) is 15.5. The van der Waals surface area contributed by atoms with E-state index in [1.165, 1.54) is 18.2 Å². The number of nitrogens with zero attached hydrogens (tertiary/aromatic N) is 1. The second kappa shape index (κ2) is 7.99. The average molecular weight is 364 g/mol. The van der Waals surface area contributed by atoms with Gasteiger partial charge >= 0.3 is 0 Å². The monoisotopic (exact) mass is 364 g/mol. The zero-order valence-electron chi connectivity index (χ0n) is 15.5. The van der Waals surface area contributed by atoms with Crippen LogP contribution >= 0.6 is 0 Å². The lowest BCUT2D eigenvalue weighted by Crippen LogP contribution is -2.24. The van der Waals surface area contributed by atoms with Crippen LogP contribution < -0.4 is 5.32 Å². The predicted molar refractivity (Wildman–Crippen MR) is 103 cm³/mol. The lowest BCUT2D eigenvalue weighted by atomic mass is 9.99. The summed E-state index contributed by atoms with van der Waals surface area (Å²) in [5.41, 5.74) is 4.12. The van der Waals surface area contributed by atoms with E-state index in [4.69, 9.17) is 4.52 Å². The molecule has 27 heavy (non-hydrogen) atoms. The van der Waals surface area contributed by atoms with E-state index in [1.54, 1.807) is 18.2 Å². The highest BCUT2D eigenvalue weighted by atomic mass is 19.1. The van der Waals surface area contributed by atoms with Gasteiger partial charge in [0.05, 0.1) is 11.7 Å². The first-order chi connectivity index (χ1) is 13.0. The Morgan fingerprint density at radius 1 is 1.19 bits per heavy atom. The van der Waals surface area contributed by atoms with Gasteiger partial charge in [0.1, 0.15) is 11.6 Å². The maximum absolute atomic E-state index is 13.6. The molecule has 2 aromatic carbocycles. The fourth-order valence-corrected chi connectivity index (χ4v) is 2.98. The van der Waals surface area contributed by atoms with E-state index in [0.717, 1.165) is 28.1 Å². The topological polar surface area (TPSA) is 55.1 Å². The smallest absolute Gasteiger partial charge is 0.244 e. The highest BCUT2D eigenvalue weighted by molar-refractivity contribution is 5.92. The number of benzene rings is 2. The Labute approximate surface area is 157 Å². The largest absolute Gasteiger partial charge is 0.361 e. The molecule has 1 heterocycles. The summed E-state index contributed by atoms with van der Waals surface area (Å²) in [5, 5.41) is 6.89. The number of halogens is 1. The number of hydrogen-bond acceptors (Lipinski definition) is 3. The summed E-state index contributed by atoms with van der Waals surface area (Å²) in [6, 6.07) is 14.0. The minimum Gasteiger partial charge on any atom is -0.361 e. The second-order valence-electron chi connectivity index (χ2n) is 6.41. The van der Waals surface area contributed by atoms with Crippen molar-refractivity contribution in [1.29, 1.82) is 0 Å². The Morgan fingerprint density at radius 2 is 1.96 bits per heavy atom. The zero-order chi connectivity index (χ0) is 19.4. The summed E-state index contributed by atoms with van der Waals surface area (Å²) in [6.07, 6.45) is 2.81. The third kappa shape index (κ3) is 4.31. The molecule has 138 valence electrons. The van der Waals surface area contributed by atoms with Crippen LogP contribution in [0.3, 0.4) is 0 Å². The molecule has 0 spiro atoms. The third-order valence-corrected chi connectivity index (χ3v) is 4.39. The predicted octanol–water partition coefficient (Wildman–Crippen LogP) is 4.99. The van der Waals surface area contributed by atoms with Crippen LogP contribution in [-0.4, -0.2) is 11.1 Å². The summed E-state index contributed by atoms with van der Waals surface area (Å²) in [7, 11) is 0. The van der Waals surface area contributed by atoms with Gasteiger partial charge in [-0.2, -0.15) is 0 Å². The van der Waals surface area contributed by atoms with E-state index >= 15 is 0 Å². The molecule has 1 aromatic heterocycles. The summed E-state index contributed by atoms with van der Waals surface area (Å²) < 4.78 is 18.9. The molecule has 0 saturated carbocycles. The molecule has 0 radical (unpaired) electrons. The molecule has 3 aromatic rings. The highest BCUT2D eigenvalue weighted by Gasteiger charge is 2.14. The first-order valence-electron chi connectivity index (χ1n) is 8.72. The molecule has 4 nitrogen and oxygen atoms in total. The van der Waals surface area contributed by atoms with Crippen LogP contribution in [0.4, 0.5) is 4.39 Å². The number of nitrogens with one attached hydrogen (secondary N) is 1. The molecule has 0 aliphatic heterocycles. The minimum atomic E-state index is -0.359. The number of aryl methyl sites for hydroxylation is 2. The van der Waals surface area contributed by atoms with Gasteiger partial charge in [0.25, 0.3) is 0 Å². The molecule has 1 atom stereocenters. The fraction of sp³-hybridized carbons (Fsp3) is 0.182. The van der Waals surface area contributed by atoms with Gasteiger partial charge in [0.15, 0.2) is 0 Å². The van der Waals surface area contributed by atoms with E-state index in [-0.39, 0.29) is 17.8 Å². The number of hydrogen-bond donors (Lipinski definition) is 1. The molecule has 0 bridgehead atoms. The number of carbonyl (C=O) groups excluding carboxylic acids is 1. The molecule has 0 aliphatic carbocycles. The van der Waals surface area contributed by atoms with Crippen molar-refractivity contribution in [2.75, 3.05) is 0 Å². The van der Waals surface area contributed by atoms with Crippen LogP contribution in [0.25, 0.3) is 17.2 Å². The average Bonchev–Trinajstić information content (AvgIpc) is 2.99. The van der Waals surface area contributed by atoms with Gasteiger partial charge in [0, 0.05) is 17.2 Å². The molecule has 0 saturated heterocycles. The molecular formula is C22H21FN2O2. The SMILES string of the molecule is Cc1noc(C)c1-c1cccc([C@H](C)NC(=O)/C=C/c2ccccc2F)c1. The second-order valence-corrected chi connectivity index (χ2v) is 6.41. The molecule has 1 N–H and O–H groups in total. The quantitative estimate of drug-likeness (QED) is 0.649. The maximum Gasteiger partial charge on any atom is 0.244 e.